The standard InChI is InChI=1S/C22H21ClN2O/c23-19-13-11-18(12-14-19)21(22(26)25-20-9-5-2-6-10-20)24-16-15-17-7-3-1-4-8-17/h1-14,21,24H,15-16H2,(H,25,26)/t21-/m1/s1. The van der Waals surface area contributed by atoms with Gasteiger partial charge < -0.3 is 10.6 Å². The van der Waals surface area contributed by atoms with Crippen LogP contribution in [-0.2, 0) is 11.2 Å². The second-order valence-electron chi connectivity index (χ2n) is 6.03. The number of hydrogen-bond donors (Lipinski definition) is 2. The Balaban J connectivity index is 1.70. The Kier molecular flexibility index (Phi) is 6.42. The normalized spacial score (nSPS) is 11.7. The molecule has 0 unspecified atom stereocenters. The molecule has 3 rings (SSSR count). The van der Waals surface area contributed by atoms with Crippen LogP contribution in [0.3, 0.4) is 0 Å². The molecule has 0 spiro atoms. The van der Waals surface area contributed by atoms with E-state index in [0.29, 0.717) is 11.6 Å². The molecule has 26 heavy (non-hydrogen) atoms. The average Bonchev–Trinajstić information content (AvgIpc) is 2.68. The lowest BCUT2D eigenvalue weighted by Crippen LogP contribution is -2.34. The number of carbonyl (C=O) groups excluding carboxylic acids is 1. The lowest BCUT2D eigenvalue weighted by Gasteiger charge is -2.19. The summed E-state index contributed by atoms with van der Waals surface area (Å²) in [5, 5.41) is 6.99. The highest BCUT2D eigenvalue weighted by Crippen LogP contribution is 2.19. The fourth-order valence-electron chi connectivity index (χ4n) is 2.76. The van der Waals surface area contributed by atoms with Crippen molar-refractivity contribution in [3.8, 4) is 0 Å². The number of anilines is 1. The van der Waals surface area contributed by atoms with Crippen LogP contribution in [0.25, 0.3) is 0 Å². The molecule has 132 valence electrons. The molecule has 0 aromatic heterocycles. The second-order valence-corrected chi connectivity index (χ2v) is 6.47. The number of hydrogen-bond acceptors (Lipinski definition) is 2. The van der Waals surface area contributed by atoms with Gasteiger partial charge in [0.15, 0.2) is 0 Å². The first-order chi connectivity index (χ1) is 12.7. The van der Waals surface area contributed by atoms with Gasteiger partial charge in [0, 0.05) is 17.3 Å². The summed E-state index contributed by atoms with van der Waals surface area (Å²) in [5.41, 5.74) is 2.90. The molecule has 3 aromatic carbocycles. The molecular formula is C22H21ClN2O. The van der Waals surface area contributed by atoms with E-state index in [1.807, 2.05) is 60.7 Å². The largest absolute Gasteiger partial charge is 0.324 e. The predicted molar refractivity (Wildman–Crippen MR) is 107 cm³/mol. The zero-order chi connectivity index (χ0) is 18.2. The van der Waals surface area contributed by atoms with E-state index in [9.17, 15) is 4.79 Å². The Hall–Kier alpha value is -2.62. The van der Waals surface area contributed by atoms with Crippen molar-refractivity contribution in [3.05, 3.63) is 101 Å². The summed E-state index contributed by atoms with van der Waals surface area (Å²) in [6, 6.07) is 26.6. The summed E-state index contributed by atoms with van der Waals surface area (Å²) in [6.07, 6.45) is 0.851. The zero-order valence-electron chi connectivity index (χ0n) is 14.4. The van der Waals surface area contributed by atoms with Gasteiger partial charge in [0.2, 0.25) is 5.91 Å². The van der Waals surface area contributed by atoms with Gasteiger partial charge >= 0.3 is 0 Å². The van der Waals surface area contributed by atoms with Gasteiger partial charge in [0.25, 0.3) is 0 Å². The molecule has 1 amide bonds. The molecule has 0 heterocycles. The molecule has 0 aliphatic heterocycles. The first-order valence-corrected chi connectivity index (χ1v) is 8.99. The monoisotopic (exact) mass is 364 g/mol. The van der Waals surface area contributed by atoms with Crippen LogP contribution < -0.4 is 10.6 Å². The van der Waals surface area contributed by atoms with E-state index >= 15 is 0 Å². The molecule has 0 radical (unpaired) electrons. The smallest absolute Gasteiger partial charge is 0.246 e. The van der Waals surface area contributed by atoms with E-state index in [1.165, 1.54) is 5.56 Å². The topological polar surface area (TPSA) is 41.1 Å². The summed E-state index contributed by atoms with van der Waals surface area (Å²) in [5.74, 6) is -0.0911. The Morgan fingerprint density at radius 3 is 2.12 bits per heavy atom. The van der Waals surface area contributed by atoms with Gasteiger partial charge in [0.1, 0.15) is 6.04 Å². The Morgan fingerprint density at radius 1 is 0.846 bits per heavy atom. The SMILES string of the molecule is O=C(Nc1ccccc1)[C@H](NCCc1ccccc1)c1ccc(Cl)cc1. The molecule has 1 atom stereocenters. The number of carbonyl (C=O) groups is 1. The van der Waals surface area contributed by atoms with Gasteiger partial charge in [-0.25, -0.2) is 0 Å². The van der Waals surface area contributed by atoms with Crippen molar-refractivity contribution in [2.75, 3.05) is 11.9 Å². The van der Waals surface area contributed by atoms with E-state index < -0.39 is 6.04 Å². The minimum Gasteiger partial charge on any atom is -0.324 e. The van der Waals surface area contributed by atoms with Gasteiger partial charge in [-0.05, 0) is 41.8 Å². The van der Waals surface area contributed by atoms with Crippen LogP contribution in [0.15, 0.2) is 84.9 Å². The number of rotatable bonds is 7. The Bertz CT molecular complexity index is 820. The third kappa shape index (κ3) is 5.19. The maximum absolute atomic E-state index is 12.8. The quantitative estimate of drug-likeness (QED) is 0.629. The van der Waals surface area contributed by atoms with E-state index in [4.69, 9.17) is 11.6 Å². The van der Waals surface area contributed by atoms with E-state index in [-0.39, 0.29) is 5.91 Å². The lowest BCUT2D eigenvalue weighted by molar-refractivity contribution is -0.118. The zero-order valence-corrected chi connectivity index (χ0v) is 15.1. The Labute approximate surface area is 159 Å². The summed E-state index contributed by atoms with van der Waals surface area (Å²) in [4.78, 5) is 12.8. The van der Waals surface area contributed by atoms with Crippen LogP contribution in [0.2, 0.25) is 5.02 Å². The predicted octanol–water partition coefficient (Wildman–Crippen LogP) is 4.85. The average molecular weight is 365 g/mol. The fraction of sp³-hybridized carbons (Fsp3) is 0.136. The van der Waals surface area contributed by atoms with Crippen molar-refractivity contribution in [1.82, 2.24) is 5.32 Å². The van der Waals surface area contributed by atoms with Crippen molar-refractivity contribution in [2.45, 2.75) is 12.5 Å². The third-order valence-corrected chi connectivity index (χ3v) is 4.36. The molecule has 2 N–H and O–H groups in total. The van der Waals surface area contributed by atoms with Gasteiger partial charge in [-0.3, -0.25) is 4.79 Å². The molecule has 4 heteroatoms. The van der Waals surface area contributed by atoms with Crippen LogP contribution in [0.5, 0.6) is 0 Å². The molecule has 3 aromatic rings. The molecular weight excluding hydrogens is 344 g/mol. The molecule has 0 fully saturated rings. The highest BCUT2D eigenvalue weighted by Gasteiger charge is 2.20. The maximum Gasteiger partial charge on any atom is 0.246 e. The summed E-state index contributed by atoms with van der Waals surface area (Å²) in [7, 11) is 0. The molecule has 0 aliphatic carbocycles. The minimum absolute atomic E-state index is 0.0911. The van der Waals surface area contributed by atoms with Crippen LogP contribution >= 0.6 is 11.6 Å². The first kappa shape index (κ1) is 18.2. The van der Waals surface area contributed by atoms with Crippen molar-refractivity contribution in [1.29, 1.82) is 0 Å². The van der Waals surface area contributed by atoms with Gasteiger partial charge in [-0.2, -0.15) is 0 Å². The number of benzene rings is 3. The van der Waals surface area contributed by atoms with Crippen molar-refractivity contribution < 1.29 is 4.79 Å². The summed E-state index contributed by atoms with van der Waals surface area (Å²) < 4.78 is 0. The third-order valence-electron chi connectivity index (χ3n) is 4.11. The van der Waals surface area contributed by atoms with E-state index in [1.54, 1.807) is 12.1 Å². The number of nitrogens with one attached hydrogen (secondary N) is 2. The summed E-state index contributed by atoms with van der Waals surface area (Å²) >= 11 is 5.99. The van der Waals surface area contributed by atoms with Crippen molar-refractivity contribution in [2.24, 2.45) is 0 Å². The number of amides is 1. The van der Waals surface area contributed by atoms with Crippen LogP contribution in [0.4, 0.5) is 5.69 Å². The molecule has 0 aliphatic rings. The van der Waals surface area contributed by atoms with Crippen LogP contribution in [0, 0.1) is 0 Å². The second kappa shape index (κ2) is 9.18. The number of para-hydroxylation sites is 1. The van der Waals surface area contributed by atoms with Crippen molar-refractivity contribution in [3.63, 3.8) is 0 Å². The van der Waals surface area contributed by atoms with Crippen LogP contribution in [0.1, 0.15) is 17.2 Å². The maximum atomic E-state index is 12.8. The molecule has 0 saturated heterocycles. The van der Waals surface area contributed by atoms with Gasteiger partial charge in [-0.15, -0.1) is 0 Å². The van der Waals surface area contributed by atoms with Crippen LogP contribution in [-0.4, -0.2) is 12.5 Å². The first-order valence-electron chi connectivity index (χ1n) is 8.61. The van der Waals surface area contributed by atoms with E-state index in [0.717, 1.165) is 17.7 Å². The minimum atomic E-state index is -0.448. The van der Waals surface area contributed by atoms with Gasteiger partial charge in [0.05, 0.1) is 0 Å². The van der Waals surface area contributed by atoms with Crippen molar-refractivity contribution >= 4 is 23.2 Å². The highest BCUT2D eigenvalue weighted by molar-refractivity contribution is 6.30. The highest BCUT2D eigenvalue weighted by atomic mass is 35.5. The lowest BCUT2D eigenvalue weighted by atomic mass is 10.1. The fourth-order valence-corrected chi connectivity index (χ4v) is 2.88. The summed E-state index contributed by atoms with van der Waals surface area (Å²) in [6.45, 7) is 0.694. The van der Waals surface area contributed by atoms with E-state index in [2.05, 4.69) is 22.8 Å². The molecule has 0 bridgehead atoms. The molecule has 0 saturated carbocycles. The molecule has 3 nitrogen and oxygen atoms in total. The number of halogens is 1. The Morgan fingerprint density at radius 2 is 1.46 bits per heavy atom. The van der Waals surface area contributed by atoms with Gasteiger partial charge in [-0.1, -0.05) is 72.3 Å².